The first-order valence-corrected chi connectivity index (χ1v) is 9.45. The fourth-order valence-corrected chi connectivity index (χ4v) is 3.59. The van der Waals surface area contributed by atoms with Crippen LogP contribution in [-0.4, -0.2) is 24.5 Å². The van der Waals surface area contributed by atoms with Gasteiger partial charge < -0.3 is 15.4 Å². The van der Waals surface area contributed by atoms with Crippen molar-refractivity contribution in [3.63, 3.8) is 0 Å². The van der Waals surface area contributed by atoms with Gasteiger partial charge in [0.05, 0.1) is 12.0 Å². The third-order valence-corrected chi connectivity index (χ3v) is 5.16. The summed E-state index contributed by atoms with van der Waals surface area (Å²) in [5.74, 6) is 0.783. The summed E-state index contributed by atoms with van der Waals surface area (Å²) >= 11 is 0. The molecule has 2 saturated carbocycles. The Hall–Kier alpha value is -2.04. The smallest absolute Gasteiger partial charge is 0.231 e. The number of hydrogen-bond acceptors (Lipinski definition) is 3. The average molecular weight is 344 g/mol. The molecule has 2 aliphatic rings. The minimum atomic E-state index is -0.574. The Balaban J connectivity index is 1.66. The molecule has 5 heteroatoms. The summed E-state index contributed by atoms with van der Waals surface area (Å²) < 4.78 is 5.43. The second-order valence-electron chi connectivity index (χ2n) is 7.27. The van der Waals surface area contributed by atoms with Crippen LogP contribution in [0.4, 0.5) is 5.69 Å². The third kappa shape index (κ3) is 4.74. The number of anilines is 1. The van der Waals surface area contributed by atoms with Crippen LogP contribution < -0.4 is 15.4 Å². The highest BCUT2D eigenvalue weighted by Crippen LogP contribution is 2.40. The lowest BCUT2D eigenvalue weighted by Crippen LogP contribution is -2.42. The normalized spacial score (nSPS) is 19.1. The first-order chi connectivity index (χ1) is 12.1. The van der Waals surface area contributed by atoms with E-state index in [1.54, 1.807) is 0 Å². The number of carbonyl (C=O) groups excluding carboxylic acids is 2. The third-order valence-electron chi connectivity index (χ3n) is 5.16. The fraction of sp³-hybridized carbons (Fsp3) is 0.600. The summed E-state index contributed by atoms with van der Waals surface area (Å²) in [7, 11) is 0. The molecule has 2 fully saturated rings. The van der Waals surface area contributed by atoms with Gasteiger partial charge in [-0.05, 0) is 56.9 Å². The van der Waals surface area contributed by atoms with E-state index in [1.807, 2.05) is 31.2 Å². The van der Waals surface area contributed by atoms with E-state index in [2.05, 4.69) is 10.6 Å². The Morgan fingerprint density at radius 1 is 1.12 bits per heavy atom. The number of rotatable bonds is 7. The van der Waals surface area contributed by atoms with Gasteiger partial charge in [-0.2, -0.15) is 0 Å². The van der Waals surface area contributed by atoms with Crippen LogP contribution in [0.2, 0.25) is 0 Å². The van der Waals surface area contributed by atoms with Crippen LogP contribution in [0.5, 0.6) is 5.75 Å². The predicted molar refractivity (Wildman–Crippen MR) is 97.5 cm³/mol. The monoisotopic (exact) mass is 344 g/mol. The van der Waals surface area contributed by atoms with Crippen molar-refractivity contribution in [2.75, 3.05) is 11.9 Å². The standard InChI is InChI=1S/C20H28N2O3/c1-2-25-17-10-8-16(9-11-17)22-19(24)20(12-4-3-5-13-20)14-18(23)21-15-6-7-15/h8-11,15H,2-7,12-14H2,1H3,(H,21,23)(H,22,24). The lowest BCUT2D eigenvalue weighted by atomic mass is 9.71. The highest BCUT2D eigenvalue weighted by molar-refractivity contribution is 5.98. The van der Waals surface area contributed by atoms with Crippen molar-refractivity contribution in [3.8, 4) is 5.75 Å². The Labute approximate surface area is 149 Å². The highest BCUT2D eigenvalue weighted by Gasteiger charge is 2.42. The van der Waals surface area contributed by atoms with Gasteiger partial charge in [-0.15, -0.1) is 0 Å². The molecule has 25 heavy (non-hydrogen) atoms. The SMILES string of the molecule is CCOc1ccc(NC(=O)C2(CC(=O)NC3CC3)CCCCC2)cc1. The second-order valence-corrected chi connectivity index (χ2v) is 7.27. The molecule has 2 aliphatic carbocycles. The highest BCUT2D eigenvalue weighted by atomic mass is 16.5. The van der Waals surface area contributed by atoms with Gasteiger partial charge >= 0.3 is 0 Å². The number of hydrogen-bond donors (Lipinski definition) is 2. The molecular weight excluding hydrogens is 316 g/mol. The van der Waals surface area contributed by atoms with Gasteiger partial charge in [0, 0.05) is 18.2 Å². The summed E-state index contributed by atoms with van der Waals surface area (Å²) in [5.41, 5.74) is 0.177. The molecular formula is C20H28N2O3. The Bertz CT molecular complexity index is 602. The van der Waals surface area contributed by atoms with Crippen molar-refractivity contribution in [1.82, 2.24) is 5.32 Å². The van der Waals surface area contributed by atoms with Gasteiger partial charge in [-0.3, -0.25) is 9.59 Å². The molecule has 1 aromatic carbocycles. The van der Waals surface area contributed by atoms with Gasteiger partial charge in [0.25, 0.3) is 0 Å². The zero-order valence-corrected chi connectivity index (χ0v) is 15.0. The fourth-order valence-electron chi connectivity index (χ4n) is 3.59. The molecule has 0 aliphatic heterocycles. The van der Waals surface area contributed by atoms with E-state index in [0.29, 0.717) is 19.1 Å². The molecule has 0 heterocycles. The van der Waals surface area contributed by atoms with Crippen LogP contribution >= 0.6 is 0 Å². The zero-order valence-electron chi connectivity index (χ0n) is 15.0. The number of amides is 2. The van der Waals surface area contributed by atoms with Crippen molar-refractivity contribution in [1.29, 1.82) is 0 Å². The van der Waals surface area contributed by atoms with Gasteiger partial charge in [-0.25, -0.2) is 0 Å². The maximum Gasteiger partial charge on any atom is 0.231 e. The first kappa shape index (κ1) is 17.8. The first-order valence-electron chi connectivity index (χ1n) is 9.45. The van der Waals surface area contributed by atoms with E-state index in [-0.39, 0.29) is 11.8 Å². The molecule has 0 unspecified atom stereocenters. The van der Waals surface area contributed by atoms with Gasteiger partial charge in [-0.1, -0.05) is 19.3 Å². The number of ether oxygens (including phenoxy) is 1. The molecule has 0 radical (unpaired) electrons. The summed E-state index contributed by atoms with van der Waals surface area (Å²) in [6.07, 6.45) is 7.16. The van der Waals surface area contributed by atoms with Crippen LogP contribution in [0.3, 0.4) is 0 Å². The molecule has 0 aromatic heterocycles. The van der Waals surface area contributed by atoms with Crippen molar-refractivity contribution in [3.05, 3.63) is 24.3 Å². The van der Waals surface area contributed by atoms with Gasteiger partial charge in [0.2, 0.25) is 11.8 Å². The molecule has 5 nitrogen and oxygen atoms in total. The molecule has 2 amide bonds. The Morgan fingerprint density at radius 3 is 2.40 bits per heavy atom. The summed E-state index contributed by atoms with van der Waals surface area (Å²) in [5, 5.41) is 6.05. The van der Waals surface area contributed by atoms with E-state index >= 15 is 0 Å². The van der Waals surface area contributed by atoms with Crippen LogP contribution in [0, 0.1) is 5.41 Å². The molecule has 0 spiro atoms. The van der Waals surface area contributed by atoms with Crippen LogP contribution in [0.15, 0.2) is 24.3 Å². The number of nitrogens with one attached hydrogen (secondary N) is 2. The average Bonchev–Trinajstić information content (AvgIpc) is 3.41. The Morgan fingerprint density at radius 2 is 1.80 bits per heavy atom. The molecule has 0 saturated heterocycles. The number of carbonyl (C=O) groups is 2. The second kappa shape index (κ2) is 7.89. The molecule has 0 bridgehead atoms. The van der Waals surface area contributed by atoms with E-state index in [0.717, 1.165) is 56.4 Å². The maximum absolute atomic E-state index is 13.0. The lowest BCUT2D eigenvalue weighted by molar-refractivity contribution is -0.134. The molecule has 1 aromatic rings. The molecule has 2 N–H and O–H groups in total. The van der Waals surface area contributed by atoms with E-state index in [9.17, 15) is 9.59 Å². The topological polar surface area (TPSA) is 67.4 Å². The largest absolute Gasteiger partial charge is 0.494 e. The van der Waals surface area contributed by atoms with Crippen molar-refractivity contribution < 1.29 is 14.3 Å². The summed E-state index contributed by atoms with van der Waals surface area (Å²) in [6.45, 7) is 2.56. The maximum atomic E-state index is 13.0. The van der Waals surface area contributed by atoms with Gasteiger partial charge in [0.15, 0.2) is 0 Å². The summed E-state index contributed by atoms with van der Waals surface area (Å²) in [4.78, 5) is 25.3. The quantitative estimate of drug-likeness (QED) is 0.793. The molecule has 3 rings (SSSR count). The van der Waals surface area contributed by atoms with Crippen LogP contribution in [-0.2, 0) is 9.59 Å². The van der Waals surface area contributed by atoms with Crippen LogP contribution in [0.1, 0.15) is 58.3 Å². The van der Waals surface area contributed by atoms with Crippen molar-refractivity contribution in [2.24, 2.45) is 5.41 Å². The van der Waals surface area contributed by atoms with E-state index < -0.39 is 5.41 Å². The van der Waals surface area contributed by atoms with E-state index in [1.165, 1.54) is 0 Å². The molecule has 136 valence electrons. The minimum Gasteiger partial charge on any atom is -0.494 e. The predicted octanol–water partition coefficient (Wildman–Crippen LogP) is 3.64. The molecule has 0 atom stereocenters. The summed E-state index contributed by atoms with van der Waals surface area (Å²) in [6, 6.07) is 7.74. The van der Waals surface area contributed by atoms with E-state index in [4.69, 9.17) is 4.74 Å². The van der Waals surface area contributed by atoms with Crippen LogP contribution in [0.25, 0.3) is 0 Å². The Kier molecular flexibility index (Phi) is 5.61. The number of benzene rings is 1. The zero-order chi connectivity index (χ0) is 17.7. The van der Waals surface area contributed by atoms with Gasteiger partial charge in [0.1, 0.15) is 5.75 Å². The lowest BCUT2D eigenvalue weighted by Gasteiger charge is -2.35. The van der Waals surface area contributed by atoms with Crippen molar-refractivity contribution >= 4 is 17.5 Å². The van der Waals surface area contributed by atoms with Crippen molar-refractivity contribution in [2.45, 2.75) is 64.3 Å². The minimum absolute atomic E-state index is 0.0197.